The van der Waals surface area contributed by atoms with Gasteiger partial charge in [-0.2, -0.15) is 24.7 Å². The van der Waals surface area contributed by atoms with Crippen LogP contribution in [0.25, 0.3) is 5.95 Å². The molecule has 4 N–H and O–H groups in total. The molecule has 112 valence electrons. The SMILES string of the molecule is CN1CCCC(Nc2nc(NN)nc(-n3cncn3)n2)C1. The Morgan fingerprint density at radius 1 is 1.29 bits per heavy atom. The Morgan fingerprint density at radius 2 is 2.14 bits per heavy atom. The molecule has 1 fully saturated rings. The smallest absolute Gasteiger partial charge is 0.258 e. The number of hydrogen-bond acceptors (Lipinski definition) is 9. The van der Waals surface area contributed by atoms with Crippen LogP contribution in [0.4, 0.5) is 11.9 Å². The normalized spacial score (nSPS) is 19.4. The Kier molecular flexibility index (Phi) is 3.88. The van der Waals surface area contributed by atoms with Crippen molar-refractivity contribution in [3.8, 4) is 5.95 Å². The van der Waals surface area contributed by atoms with E-state index < -0.39 is 0 Å². The van der Waals surface area contributed by atoms with Crippen molar-refractivity contribution in [3.05, 3.63) is 12.7 Å². The number of likely N-dealkylation sites (N-methyl/N-ethyl adjacent to an activating group) is 1. The lowest BCUT2D eigenvalue weighted by molar-refractivity contribution is 0.260. The largest absolute Gasteiger partial charge is 0.350 e. The Hall–Kier alpha value is -2.33. The molecule has 21 heavy (non-hydrogen) atoms. The summed E-state index contributed by atoms with van der Waals surface area (Å²) in [6.45, 7) is 2.07. The van der Waals surface area contributed by atoms with Crippen molar-refractivity contribution < 1.29 is 0 Å². The van der Waals surface area contributed by atoms with Crippen LogP contribution in [0.3, 0.4) is 0 Å². The van der Waals surface area contributed by atoms with Gasteiger partial charge in [-0.25, -0.2) is 10.8 Å². The van der Waals surface area contributed by atoms with Gasteiger partial charge in [0.1, 0.15) is 12.7 Å². The second-order valence-electron chi connectivity index (χ2n) is 5.01. The molecule has 3 heterocycles. The van der Waals surface area contributed by atoms with Crippen molar-refractivity contribution in [1.29, 1.82) is 0 Å². The summed E-state index contributed by atoms with van der Waals surface area (Å²) in [7, 11) is 2.11. The van der Waals surface area contributed by atoms with Crippen LogP contribution >= 0.6 is 0 Å². The van der Waals surface area contributed by atoms with Crippen LogP contribution in [0.15, 0.2) is 12.7 Å². The monoisotopic (exact) mass is 290 g/mol. The standard InChI is InChI=1S/C11H18N10/c1-20-4-2-3-8(5-20)15-9-16-10(19-12)18-11(17-9)21-7-13-6-14-21/h6-8H,2-5,12H2,1H3,(H2,15,16,17,18,19). The number of nitrogens with one attached hydrogen (secondary N) is 2. The quantitative estimate of drug-likeness (QED) is 0.492. The number of nitrogen functional groups attached to an aromatic ring is 1. The zero-order valence-electron chi connectivity index (χ0n) is 11.8. The summed E-state index contributed by atoms with van der Waals surface area (Å²) < 4.78 is 1.46. The molecule has 1 aliphatic rings. The highest BCUT2D eigenvalue weighted by molar-refractivity contribution is 5.37. The Bertz CT molecular complexity index is 583. The number of nitrogens with two attached hydrogens (primary N) is 1. The second kappa shape index (κ2) is 5.97. The summed E-state index contributed by atoms with van der Waals surface area (Å²) in [5, 5.41) is 7.34. The second-order valence-corrected chi connectivity index (χ2v) is 5.01. The van der Waals surface area contributed by atoms with Crippen LogP contribution < -0.4 is 16.6 Å². The van der Waals surface area contributed by atoms with Gasteiger partial charge in [0.25, 0.3) is 5.95 Å². The van der Waals surface area contributed by atoms with Gasteiger partial charge >= 0.3 is 0 Å². The Balaban J connectivity index is 1.82. The number of anilines is 2. The first-order chi connectivity index (χ1) is 10.2. The third kappa shape index (κ3) is 3.23. The van der Waals surface area contributed by atoms with E-state index in [2.05, 4.69) is 47.7 Å². The molecule has 0 bridgehead atoms. The van der Waals surface area contributed by atoms with Gasteiger partial charge in [0.05, 0.1) is 0 Å². The molecule has 0 aromatic carbocycles. The van der Waals surface area contributed by atoms with Gasteiger partial charge in [-0.05, 0) is 26.4 Å². The molecule has 2 aromatic heterocycles. The first-order valence-electron chi connectivity index (χ1n) is 6.77. The average molecular weight is 290 g/mol. The van der Waals surface area contributed by atoms with Crippen molar-refractivity contribution in [2.45, 2.75) is 18.9 Å². The van der Waals surface area contributed by atoms with Gasteiger partial charge in [0.2, 0.25) is 11.9 Å². The third-order valence-corrected chi connectivity index (χ3v) is 3.33. The number of piperidine rings is 1. The molecule has 1 unspecified atom stereocenters. The first kappa shape index (κ1) is 13.6. The molecule has 1 aliphatic heterocycles. The molecule has 3 rings (SSSR count). The number of hydrazine groups is 1. The maximum absolute atomic E-state index is 5.41. The van der Waals surface area contributed by atoms with Crippen molar-refractivity contribution in [2.75, 3.05) is 30.9 Å². The van der Waals surface area contributed by atoms with Gasteiger partial charge in [-0.15, -0.1) is 0 Å². The Morgan fingerprint density at radius 3 is 2.86 bits per heavy atom. The van der Waals surface area contributed by atoms with E-state index in [0.717, 1.165) is 25.9 Å². The zero-order chi connectivity index (χ0) is 14.7. The average Bonchev–Trinajstić information content (AvgIpc) is 3.01. The lowest BCUT2D eigenvalue weighted by atomic mass is 10.1. The zero-order valence-corrected chi connectivity index (χ0v) is 11.8. The highest BCUT2D eigenvalue weighted by Crippen LogP contribution is 2.14. The van der Waals surface area contributed by atoms with Crippen molar-refractivity contribution in [2.24, 2.45) is 5.84 Å². The fourth-order valence-electron chi connectivity index (χ4n) is 2.37. The van der Waals surface area contributed by atoms with Gasteiger partial charge in [0, 0.05) is 12.6 Å². The predicted octanol–water partition coefficient (Wildman–Crippen LogP) is -0.756. The number of likely N-dealkylation sites (tertiary alicyclic amines) is 1. The fraction of sp³-hybridized carbons (Fsp3) is 0.545. The van der Waals surface area contributed by atoms with Gasteiger partial charge in [-0.3, -0.25) is 5.43 Å². The number of aromatic nitrogens is 6. The molecular weight excluding hydrogens is 272 g/mol. The lowest BCUT2D eigenvalue weighted by Crippen LogP contribution is -2.40. The molecule has 0 amide bonds. The summed E-state index contributed by atoms with van der Waals surface area (Å²) in [6.07, 6.45) is 5.17. The van der Waals surface area contributed by atoms with E-state index in [1.165, 1.54) is 17.3 Å². The molecule has 2 aromatic rings. The summed E-state index contributed by atoms with van der Waals surface area (Å²) >= 11 is 0. The first-order valence-corrected chi connectivity index (χ1v) is 6.77. The molecule has 10 nitrogen and oxygen atoms in total. The van der Waals surface area contributed by atoms with Crippen molar-refractivity contribution in [1.82, 2.24) is 34.6 Å². The maximum Gasteiger partial charge on any atom is 0.258 e. The van der Waals surface area contributed by atoms with E-state index in [1.54, 1.807) is 0 Å². The summed E-state index contributed by atoms with van der Waals surface area (Å²) in [5.74, 6) is 6.53. The van der Waals surface area contributed by atoms with Gasteiger partial charge in [0.15, 0.2) is 0 Å². The minimum atomic E-state index is 0.280. The highest BCUT2D eigenvalue weighted by atomic mass is 15.4. The van der Waals surface area contributed by atoms with E-state index in [4.69, 9.17) is 5.84 Å². The van der Waals surface area contributed by atoms with Gasteiger partial charge < -0.3 is 10.2 Å². The lowest BCUT2D eigenvalue weighted by Gasteiger charge is -2.30. The Labute approximate surface area is 121 Å². The fourth-order valence-corrected chi connectivity index (χ4v) is 2.37. The van der Waals surface area contributed by atoms with Crippen LogP contribution in [0, 0.1) is 0 Å². The topological polar surface area (TPSA) is 123 Å². The van der Waals surface area contributed by atoms with E-state index >= 15 is 0 Å². The molecule has 0 radical (unpaired) electrons. The van der Waals surface area contributed by atoms with Gasteiger partial charge in [-0.1, -0.05) is 0 Å². The maximum atomic E-state index is 5.41. The molecule has 10 heteroatoms. The third-order valence-electron chi connectivity index (χ3n) is 3.33. The van der Waals surface area contributed by atoms with Crippen LogP contribution in [0.2, 0.25) is 0 Å². The predicted molar refractivity (Wildman–Crippen MR) is 76.7 cm³/mol. The minimum Gasteiger partial charge on any atom is -0.350 e. The van der Waals surface area contributed by atoms with E-state index in [0.29, 0.717) is 17.9 Å². The molecule has 1 atom stereocenters. The van der Waals surface area contributed by atoms with Crippen molar-refractivity contribution in [3.63, 3.8) is 0 Å². The van der Waals surface area contributed by atoms with E-state index in [1.807, 2.05) is 0 Å². The van der Waals surface area contributed by atoms with Crippen molar-refractivity contribution >= 4 is 11.9 Å². The molecule has 0 aliphatic carbocycles. The van der Waals surface area contributed by atoms with Crippen LogP contribution in [-0.2, 0) is 0 Å². The number of nitrogens with zero attached hydrogens (tertiary/aromatic N) is 7. The summed E-state index contributed by atoms with van der Waals surface area (Å²) in [4.78, 5) is 18.9. The number of hydrogen-bond donors (Lipinski definition) is 3. The molecule has 0 saturated carbocycles. The molecule has 0 spiro atoms. The van der Waals surface area contributed by atoms with Crippen LogP contribution in [0.1, 0.15) is 12.8 Å². The number of rotatable bonds is 4. The summed E-state index contributed by atoms with van der Waals surface area (Å²) in [5.41, 5.74) is 2.44. The molecule has 1 saturated heterocycles. The summed E-state index contributed by atoms with van der Waals surface area (Å²) in [6, 6.07) is 0.306. The highest BCUT2D eigenvalue weighted by Gasteiger charge is 2.18. The van der Waals surface area contributed by atoms with Crippen LogP contribution in [0.5, 0.6) is 0 Å². The van der Waals surface area contributed by atoms with Crippen LogP contribution in [-0.4, -0.2) is 60.8 Å². The molecular formula is C11H18N10. The van der Waals surface area contributed by atoms with E-state index in [-0.39, 0.29) is 5.95 Å². The minimum absolute atomic E-state index is 0.280. The van der Waals surface area contributed by atoms with E-state index in [9.17, 15) is 0 Å².